The Bertz CT molecular complexity index is 566. The molecule has 2 fully saturated rings. The third-order valence-electron chi connectivity index (χ3n) is 5.53. The minimum atomic E-state index is -0.653. The van der Waals surface area contributed by atoms with Crippen LogP contribution in [0.15, 0.2) is 18.2 Å². The zero-order valence-electron chi connectivity index (χ0n) is 14.8. The molecule has 1 saturated heterocycles. The van der Waals surface area contributed by atoms with Crippen molar-refractivity contribution < 1.29 is 14.6 Å². The van der Waals surface area contributed by atoms with E-state index in [9.17, 15) is 9.90 Å². The molecule has 1 aliphatic carbocycles. The lowest BCUT2D eigenvalue weighted by Gasteiger charge is -2.32. The minimum absolute atomic E-state index is 0.292. The second kappa shape index (κ2) is 7.56. The number of carboxylic acids is 1. The van der Waals surface area contributed by atoms with Crippen molar-refractivity contribution in [2.24, 2.45) is 5.92 Å². The van der Waals surface area contributed by atoms with Crippen LogP contribution in [0.25, 0.3) is 0 Å². The maximum atomic E-state index is 11.6. The number of benzene rings is 1. The van der Waals surface area contributed by atoms with E-state index in [2.05, 4.69) is 36.9 Å². The number of rotatable bonds is 6. The summed E-state index contributed by atoms with van der Waals surface area (Å²) >= 11 is 0. The summed E-state index contributed by atoms with van der Waals surface area (Å²) in [6, 6.07) is 6.43. The van der Waals surface area contributed by atoms with E-state index in [-0.39, 0.29) is 6.04 Å². The molecule has 0 spiro atoms. The molecule has 3 atom stereocenters. The molecule has 4 heteroatoms. The largest absolute Gasteiger partial charge is 0.494 e. The molecular weight excluding hydrogens is 302 g/mol. The molecular formula is C20H29NO3. The third kappa shape index (κ3) is 3.92. The number of likely N-dealkylation sites (tertiary alicyclic amines) is 1. The molecule has 1 aromatic carbocycles. The number of carbonyl (C=O) groups is 1. The van der Waals surface area contributed by atoms with E-state index in [1.165, 1.54) is 30.4 Å². The van der Waals surface area contributed by atoms with Crippen LogP contribution < -0.4 is 4.74 Å². The molecule has 1 N–H and O–H groups in total. The topological polar surface area (TPSA) is 49.8 Å². The number of nitrogens with zero attached hydrogens (tertiary/aromatic N) is 1. The average Bonchev–Trinajstić information content (AvgIpc) is 2.90. The van der Waals surface area contributed by atoms with E-state index in [1.807, 2.05) is 0 Å². The van der Waals surface area contributed by atoms with Gasteiger partial charge in [0.25, 0.3) is 0 Å². The SMILES string of the molecule is Cc1cc(C)cc(OCCCN2C(C(=O)O)CC3CCCCC32)c1. The second-order valence-corrected chi connectivity index (χ2v) is 7.46. The average molecular weight is 331 g/mol. The van der Waals surface area contributed by atoms with Crippen LogP contribution in [0.3, 0.4) is 0 Å². The monoisotopic (exact) mass is 331 g/mol. The normalized spacial score (nSPS) is 27.0. The van der Waals surface area contributed by atoms with Crippen LogP contribution >= 0.6 is 0 Å². The van der Waals surface area contributed by atoms with Crippen LogP contribution in [-0.4, -0.2) is 41.2 Å². The Morgan fingerprint density at radius 1 is 1.21 bits per heavy atom. The number of hydrogen-bond donors (Lipinski definition) is 1. The van der Waals surface area contributed by atoms with Gasteiger partial charge in [-0.05, 0) is 68.7 Å². The Hall–Kier alpha value is -1.55. The van der Waals surface area contributed by atoms with Crippen molar-refractivity contribution >= 4 is 5.97 Å². The Morgan fingerprint density at radius 2 is 1.92 bits per heavy atom. The number of hydrogen-bond acceptors (Lipinski definition) is 3. The Balaban J connectivity index is 1.53. The van der Waals surface area contributed by atoms with Crippen LogP contribution in [0.5, 0.6) is 5.75 Å². The molecule has 0 amide bonds. The van der Waals surface area contributed by atoms with Gasteiger partial charge in [-0.25, -0.2) is 0 Å². The van der Waals surface area contributed by atoms with Crippen molar-refractivity contribution in [1.29, 1.82) is 0 Å². The van der Waals surface area contributed by atoms with Gasteiger partial charge >= 0.3 is 5.97 Å². The van der Waals surface area contributed by atoms with Gasteiger partial charge in [0.2, 0.25) is 0 Å². The third-order valence-corrected chi connectivity index (χ3v) is 5.53. The fourth-order valence-corrected chi connectivity index (χ4v) is 4.57. The van der Waals surface area contributed by atoms with Gasteiger partial charge in [-0.15, -0.1) is 0 Å². The van der Waals surface area contributed by atoms with E-state index < -0.39 is 5.97 Å². The van der Waals surface area contributed by atoms with Gasteiger partial charge < -0.3 is 9.84 Å². The van der Waals surface area contributed by atoms with Gasteiger partial charge in [0.15, 0.2) is 0 Å². The van der Waals surface area contributed by atoms with Crippen molar-refractivity contribution in [3.8, 4) is 5.75 Å². The van der Waals surface area contributed by atoms with Crippen LogP contribution in [0, 0.1) is 19.8 Å². The molecule has 1 saturated carbocycles. The van der Waals surface area contributed by atoms with Gasteiger partial charge in [0, 0.05) is 12.6 Å². The summed E-state index contributed by atoms with van der Waals surface area (Å²) in [6.07, 6.45) is 6.56. The molecule has 1 aliphatic heterocycles. The molecule has 0 aromatic heterocycles. The lowest BCUT2D eigenvalue weighted by molar-refractivity contribution is -0.142. The molecule has 2 aliphatic rings. The van der Waals surface area contributed by atoms with E-state index in [0.717, 1.165) is 31.6 Å². The standard InChI is InChI=1S/C20H29NO3/c1-14-10-15(2)12-17(11-14)24-9-5-8-21-18-7-4-3-6-16(18)13-19(21)20(22)23/h10-12,16,18-19H,3-9,13H2,1-2H3,(H,22,23). The Morgan fingerprint density at radius 3 is 2.62 bits per heavy atom. The van der Waals surface area contributed by atoms with E-state index in [0.29, 0.717) is 18.6 Å². The fraction of sp³-hybridized carbons (Fsp3) is 0.650. The molecule has 4 nitrogen and oxygen atoms in total. The van der Waals surface area contributed by atoms with E-state index >= 15 is 0 Å². The Kier molecular flexibility index (Phi) is 5.44. The quantitative estimate of drug-likeness (QED) is 0.806. The zero-order chi connectivity index (χ0) is 17.1. The van der Waals surface area contributed by atoms with Gasteiger partial charge in [-0.1, -0.05) is 18.9 Å². The number of carboxylic acid groups (broad SMARTS) is 1. The predicted octanol–water partition coefficient (Wildman–Crippen LogP) is 3.79. The summed E-state index contributed by atoms with van der Waals surface area (Å²) in [5.41, 5.74) is 2.42. The first-order chi connectivity index (χ1) is 11.5. The van der Waals surface area contributed by atoms with Gasteiger partial charge in [0.05, 0.1) is 6.61 Å². The lowest BCUT2D eigenvalue weighted by Crippen LogP contribution is -2.43. The Labute approximate surface area is 144 Å². The van der Waals surface area contributed by atoms with Crippen LogP contribution in [0.2, 0.25) is 0 Å². The lowest BCUT2D eigenvalue weighted by atomic mass is 9.85. The fourth-order valence-electron chi connectivity index (χ4n) is 4.57. The zero-order valence-corrected chi connectivity index (χ0v) is 14.8. The summed E-state index contributed by atoms with van der Waals surface area (Å²) in [5.74, 6) is 0.846. The van der Waals surface area contributed by atoms with Crippen LogP contribution in [0.4, 0.5) is 0 Å². The van der Waals surface area contributed by atoms with Gasteiger partial charge in [-0.2, -0.15) is 0 Å². The highest BCUT2D eigenvalue weighted by molar-refractivity contribution is 5.74. The molecule has 132 valence electrons. The predicted molar refractivity (Wildman–Crippen MR) is 94.5 cm³/mol. The molecule has 1 aromatic rings. The number of aryl methyl sites for hydroxylation is 2. The number of fused-ring (bicyclic) bond motifs is 1. The highest BCUT2D eigenvalue weighted by Crippen LogP contribution is 2.39. The molecule has 1 heterocycles. The first kappa shape index (κ1) is 17.3. The van der Waals surface area contributed by atoms with E-state index in [4.69, 9.17) is 4.74 Å². The maximum Gasteiger partial charge on any atom is 0.320 e. The number of ether oxygens (including phenoxy) is 1. The molecule has 3 rings (SSSR count). The second-order valence-electron chi connectivity index (χ2n) is 7.46. The minimum Gasteiger partial charge on any atom is -0.494 e. The van der Waals surface area contributed by atoms with E-state index in [1.54, 1.807) is 0 Å². The summed E-state index contributed by atoms with van der Waals surface area (Å²) in [7, 11) is 0. The van der Waals surface area contributed by atoms with Crippen molar-refractivity contribution in [1.82, 2.24) is 4.90 Å². The van der Waals surface area contributed by atoms with Gasteiger partial charge in [0.1, 0.15) is 11.8 Å². The smallest absolute Gasteiger partial charge is 0.320 e. The van der Waals surface area contributed by atoms with Crippen molar-refractivity contribution in [2.45, 2.75) is 64.5 Å². The summed E-state index contributed by atoms with van der Waals surface area (Å²) in [5, 5.41) is 9.55. The van der Waals surface area contributed by atoms with Crippen LogP contribution in [-0.2, 0) is 4.79 Å². The summed E-state index contributed by atoms with van der Waals surface area (Å²) < 4.78 is 5.89. The molecule has 24 heavy (non-hydrogen) atoms. The molecule has 0 radical (unpaired) electrons. The first-order valence-electron chi connectivity index (χ1n) is 9.24. The maximum absolute atomic E-state index is 11.6. The number of aliphatic carboxylic acids is 1. The summed E-state index contributed by atoms with van der Waals surface area (Å²) in [4.78, 5) is 13.9. The van der Waals surface area contributed by atoms with Gasteiger partial charge in [-0.3, -0.25) is 9.69 Å². The van der Waals surface area contributed by atoms with Crippen molar-refractivity contribution in [3.63, 3.8) is 0 Å². The highest BCUT2D eigenvalue weighted by atomic mass is 16.5. The van der Waals surface area contributed by atoms with Crippen molar-refractivity contribution in [3.05, 3.63) is 29.3 Å². The van der Waals surface area contributed by atoms with Crippen LogP contribution in [0.1, 0.15) is 49.7 Å². The molecule has 0 bridgehead atoms. The first-order valence-corrected chi connectivity index (χ1v) is 9.24. The van der Waals surface area contributed by atoms with Crippen molar-refractivity contribution in [2.75, 3.05) is 13.2 Å². The highest BCUT2D eigenvalue weighted by Gasteiger charge is 2.44. The summed E-state index contributed by atoms with van der Waals surface area (Å²) in [6.45, 7) is 5.61. The molecule has 3 unspecified atom stereocenters.